The van der Waals surface area contributed by atoms with E-state index in [1.165, 1.54) is 12.3 Å². The number of rotatable bonds is 3. The van der Waals surface area contributed by atoms with Crippen LogP contribution in [0.25, 0.3) is 11.1 Å². The second-order valence-corrected chi connectivity index (χ2v) is 3.35. The summed E-state index contributed by atoms with van der Waals surface area (Å²) in [6, 6.07) is 8.99. The molecular formula is C13H12FNO. The molecule has 0 N–H and O–H groups in total. The van der Waals surface area contributed by atoms with Crippen molar-refractivity contribution in [3.63, 3.8) is 0 Å². The lowest BCUT2D eigenvalue weighted by Crippen LogP contribution is -1.91. The van der Waals surface area contributed by atoms with Crippen molar-refractivity contribution in [1.82, 2.24) is 4.98 Å². The van der Waals surface area contributed by atoms with Crippen LogP contribution in [-0.4, -0.2) is 11.6 Å². The molecule has 0 amide bonds. The number of hydrogen-bond acceptors (Lipinski definition) is 2. The quantitative estimate of drug-likeness (QED) is 0.787. The summed E-state index contributed by atoms with van der Waals surface area (Å²) >= 11 is 0. The van der Waals surface area contributed by atoms with E-state index in [0.717, 1.165) is 16.9 Å². The first-order chi connectivity index (χ1) is 7.79. The highest BCUT2D eigenvalue weighted by molar-refractivity contribution is 5.64. The fourth-order valence-corrected chi connectivity index (χ4v) is 1.50. The molecule has 16 heavy (non-hydrogen) atoms. The predicted octanol–water partition coefficient (Wildman–Crippen LogP) is 3.29. The molecule has 2 aromatic rings. The van der Waals surface area contributed by atoms with Crippen molar-refractivity contribution in [1.29, 1.82) is 0 Å². The monoisotopic (exact) mass is 217 g/mol. The second-order valence-electron chi connectivity index (χ2n) is 3.35. The minimum Gasteiger partial charge on any atom is -0.494 e. The van der Waals surface area contributed by atoms with Gasteiger partial charge in [-0.15, -0.1) is 0 Å². The van der Waals surface area contributed by atoms with E-state index in [4.69, 9.17) is 4.74 Å². The summed E-state index contributed by atoms with van der Waals surface area (Å²) in [5.74, 6) is 0.448. The van der Waals surface area contributed by atoms with Crippen molar-refractivity contribution in [3.8, 4) is 16.9 Å². The number of ether oxygens (including phenoxy) is 1. The van der Waals surface area contributed by atoms with E-state index in [1.807, 2.05) is 31.2 Å². The number of nitrogens with zero attached hydrogens (tertiary/aromatic N) is 1. The van der Waals surface area contributed by atoms with Gasteiger partial charge in [0.05, 0.1) is 12.8 Å². The van der Waals surface area contributed by atoms with Gasteiger partial charge in [-0.25, -0.2) is 4.39 Å². The summed E-state index contributed by atoms with van der Waals surface area (Å²) in [5.41, 5.74) is 1.65. The number of pyridine rings is 1. The van der Waals surface area contributed by atoms with Crippen molar-refractivity contribution in [2.24, 2.45) is 0 Å². The number of benzene rings is 1. The van der Waals surface area contributed by atoms with Gasteiger partial charge in [-0.3, -0.25) is 4.98 Å². The van der Waals surface area contributed by atoms with Crippen molar-refractivity contribution >= 4 is 0 Å². The van der Waals surface area contributed by atoms with Crippen molar-refractivity contribution in [2.45, 2.75) is 6.92 Å². The van der Waals surface area contributed by atoms with Gasteiger partial charge < -0.3 is 4.74 Å². The summed E-state index contributed by atoms with van der Waals surface area (Å²) < 4.78 is 18.4. The predicted molar refractivity (Wildman–Crippen MR) is 60.8 cm³/mol. The van der Waals surface area contributed by atoms with Gasteiger partial charge in [-0.05, 0) is 30.7 Å². The number of hydrogen-bond donors (Lipinski definition) is 0. The molecule has 0 saturated heterocycles. The molecule has 0 aliphatic rings. The molecule has 82 valence electrons. The molecule has 3 heteroatoms. The van der Waals surface area contributed by atoms with Crippen LogP contribution in [0.3, 0.4) is 0 Å². The number of halogens is 1. The molecule has 0 bridgehead atoms. The van der Waals surface area contributed by atoms with Gasteiger partial charge in [0.1, 0.15) is 11.6 Å². The molecule has 0 fully saturated rings. The molecule has 0 unspecified atom stereocenters. The van der Waals surface area contributed by atoms with Crippen LogP contribution in [0.15, 0.2) is 42.7 Å². The summed E-state index contributed by atoms with van der Waals surface area (Å²) in [6.45, 7) is 2.54. The third-order valence-electron chi connectivity index (χ3n) is 2.18. The first kappa shape index (κ1) is 10.6. The molecule has 2 rings (SSSR count). The fraction of sp³-hybridized carbons (Fsp3) is 0.154. The molecule has 1 aromatic heterocycles. The standard InChI is InChI=1S/C13H12FNO/c1-2-16-13-5-3-4-10(7-13)11-6-12(14)9-15-8-11/h3-9H,2H2,1H3. The molecule has 0 atom stereocenters. The fourth-order valence-electron chi connectivity index (χ4n) is 1.50. The van der Waals surface area contributed by atoms with Crippen molar-refractivity contribution < 1.29 is 9.13 Å². The summed E-state index contributed by atoms with van der Waals surface area (Å²) in [6.07, 6.45) is 2.82. The largest absolute Gasteiger partial charge is 0.494 e. The minimum atomic E-state index is -0.334. The Labute approximate surface area is 93.7 Å². The van der Waals surface area contributed by atoms with Crippen LogP contribution in [0.1, 0.15) is 6.92 Å². The van der Waals surface area contributed by atoms with Crippen LogP contribution in [0.2, 0.25) is 0 Å². The maximum Gasteiger partial charge on any atom is 0.142 e. The van der Waals surface area contributed by atoms with Crippen LogP contribution < -0.4 is 4.74 Å². The highest BCUT2D eigenvalue weighted by Gasteiger charge is 2.01. The average molecular weight is 217 g/mol. The lowest BCUT2D eigenvalue weighted by atomic mass is 10.1. The molecule has 0 aliphatic heterocycles. The van der Waals surface area contributed by atoms with Crippen LogP contribution in [0.4, 0.5) is 4.39 Å². The Balaban J connectivity index is 2.36. The Bertz CT molecular complexity index is 485. The van der Waals surface area contributed by atoms with Gasteiger partial charge in [-0.1, -0.05) is 12.1 Å². The summed E-state index contributed by atoms with van der Waals surface area (Å²) in [5, 5.41) is 0. The molecule has 1 aromatic carbocycles. The van der Waals surface area contributed by atoms with Crippen molar-refractivity contribution in [2.75, 3.05) is 6.61 Å². The molecule has 0 spiro atoms. The van der Waals surface area contributed by atoms with Gasteiger partial charge in [-0.2, -0.15) is 0 Å². The Hall–Kier alpha value is -1.90. The molecule has 0 radical (unpaired) electrons. The Morgan fingerprint density at radius 3 is 2.81 bits per heavy atom. The van der Waals surface area contributed by atoms with Crippen molar-refractivity contribution in [3.05, 3.63) is 48.5 Å². The van der Waals surface area contributed by atoms with Crippen LogP contribution in [0, 0.1) is 5.82 Å². The number of aromatic nitrogens is 1. The maximum absolute atomic E-state index is 13.0. The molecule has 0 aliphatic carbocycles. The lowest BCUT2D eigenvalue weighted by Gasteiger charge is -2.05. The Kier molecular flexibility index (Phi) is 3.15. The zero-order valence-corrected chi connectivity index (χ0v) is 8.98. The highest BCUT2D eigenvalue weighted by atomic mass is 19.1. The third-order valence-corrected chi connectivity index (χ3v) is 2.18. The van der Waals surface area contributed by atoms with Gasteiger partial charge in [0.2, 0.25) is 0 Å². The molecule has 1 heterocycles. The van der Waals surface area contributed by atoms with Gasteiger partial charge in [0, 0.05) is 11.8 Å². The van der Waals surface area contributed by atoms with Crippen LogP contribution in [-0.2, 0) is 0 Å². The highest BCUT2D eigenvalue weighted by Crippen LogP contribution is 2.23. The topological polar surface area (TPSA) is 22.1 Å². The second kappa shape index (κ2) is 4.75. The van der Waals surface area contributed by atoms with Crippen LogP contribution >= 0.6 is 0 Å². The summed E-state index contributed by atoms with van der Waals surface area (Å²) in [4.78, 5) is 3.82. The van der Waals surface area contributed by atoms with E-state index in [0.29, 0.717) is 6.61 Å². The van der Waals surface area contributed by atoms with E-state index in [9.17, 15) is 4.39 Å². The van der Waals surface area contributed by atoms with Gasteiger partial charge >= 0.3 is 0 Å². The van der Waals surface area contributed by atoms with E-state index < -0.39 is 0 Å². The molecular weight excluding hydrogens is 205 g/mol. The first-order valence-electron chi connectivity index (χ1n) is 5.13. The zero-order chi connectivity index (χ0) is 11.4. The lowest BCUT2D eigenvalue weighted by molar-refractivity contribution is 0.340. The molecule has 2 nitrogen and oxygen atoms in total. The zero-order valence-electron chi connectivity index (χ0n) is 8.98. The van der Waals surface area contributed by atoms with Crippen LogP contribution in [0.5, 0.6) is 5.75 Å². The van der Waals surface area contributed by atoms with Gasteiger partial charge in [0.15, 0.2) is 0 Å². The summed E-state index contributed by atoms with van der Waals surface area (Å²) in [7, 11) is 0. The minimum absolute atomic E-state index is 0.334. The van der Waals surface area contributed by atoms with Gasteiger partial charge in [0.25, 0.3) is 0 Å². The van der Waals surface area contributed by atoms with E-state index in [2.05, 4.69) is 4.98 Å². The Morgan fingerprint density at radius 2 is 2.06 bits per heavy atom. The smallest absolute Gasteiger partial charge is 0.142 e. The average Bonchev–Trinajstić information content (AvgIpc) is 2.30. The maximum atomic E-state index is 13.0. The molecule has 0 saturated carbocycles. The van der Waals surface area contributed by atoms with E-state index in [-0.39, 0.29) is 5.82 Å². The van der Waals surface area contributed by atoms with E-state index >= 15 is 0 Å². The van der Waals surface area contributed by atoms with E-state index in [1.54, 1.807) is 6.20 Å². The first-order valence-corrected chi connectivity index (χ1v) is 5.13. The SMILES string of the molecule is CCOc1cccc(-c2cncc(F)c2)c1. The third kappa shape index (κ3) is 2.37. The normalized spacial score (nSPS) is 10.1. The Morgan fingerprint density at radius 1 is 1.19 bits per heavy atom.